The van der Waals surface area contributed by atoms with Gasteiger partial charge < -0.3 is 5.32 Å². The van der Waals surface area contributed by atoms with E-state index in [4.69, 9.17) is 0 Å². The quantitative estimate of drug-likeness (QED) is 0.767. The summed E-state index contributed by atoms with van der Waals surface area (Å²) < 4.78 is 0. The number of hydrogen-bond donors (Lipinski definition) is 1. The molecule has 0 bridgehead atoms. The lowest BCUT2D eigenvalue weighted by atomic mass is 10.1. The number of aryl methyl sites for hydroxylation is 1. The molecule has 1 N–H and O–H groups in total. The van der Waals surface area contributed by atoms with Crippen molar-refractivity contribution in [3.63, 3.8) is 0 Å². The lowest BCUT2D eigenvalue weighted by Gasteiger charge is -2.02. The highest BCUT2D eigenvalue weighted by atomic mass is 14.8. The molecule has 0 heterocycles. The van der Waals surface area contributed by atoms with E-state index in [1.807, 2.05) is 7.05 Å². The Labute approximate surface area is 86.5 Å². The molecule has 0 aliphatic heterocycles. The van der Waals surface area contributed by atoms with Gasteiger partial charge in [0.05, 0.1) is 0 Å². The topological polar surface area (TPSA) is 12.0 Å². The Bertz CT molecular complexity index is 289. The van der Waals surface area contributed by atoms with Gasteiger partial charge in [-0.15, -0.1) is 0 Å². The van der Waals surface area contributed by atoms with Crippen LogP contribution in [0.2, 0.25) is 0 Å². The maximum absolute atomic E-state index is 3.25. The van der Waals surface area contributed by atoms with Crippen LogP contribution in [0.5, 0.6) is 0 Å². The second-order valence-electron chi connectivity index (χ2n) is 4.26. The summed E-state index contributed by atoms with van der Waals surface area (Å²) in [5.74, 6) is 1.71. The summed E-state index contributed by atoms with van der Waals surface area (Å²) in [5, 5.41) is 3.25. The van der Waals surface area contributed by atoms with E-state index < -0.39 is 0 Å². The minimum Gasteiger partial charge on any atom is -0.319 e. The molecule has 1 aromatic carbocycles. The highest BCUT2D eigenvalue weighted by molar-refractivity contribution is 5.29. The van der Waals surface area contributed by atoms with Crippen LogP contribution in [0.4, 0.5) is 0 Å². The molecule has 1 heteroatoms. The zero-order chi connectivity index (χ0) is 9.97. The van der Waals surface area contributed by atoms with Crippen LogP contribution in [-0.4, -0.2) is 13.6 Å². The van der Waals surface area contributed by atoms with E-state index in [0.29, 0.717) is 0 Å². The van der Waals surface area contributed by atoms with Crippen molar-refractivity contribution in [3.05, 3.63) is 35.4 Å². The Morgan fingerprint density at radius 3 is 2.57 bits per heavy atom. The first-order valence-corrected chi connectivity index (χ1v) is 5.58. The van der Waals surface area contributed by atoms with E-state index in [1.54, 1.807) is 0 Å². The van der Waals surface area contributed by atoms with E-state index in [9.17, 15) is 0 Å². The van der Waals surface area contributed by atoms with Crippen molar-refractivity contribution in [2.75, 3.05) is 13.6 Å². The minimum absolute atomic E-state index is 0.827. The zero-order valence-electron chi connectivity index (χ0n) is 9.09. The lowest BCUT2D eigenvalue weighted by Crippen LogP contribution is -2.10. The lowest BCUT2D eigenvalue weighted by molar-refractivity contribution is 0.698. The summed E-state index contributed by atoms with van der Waals surface area (Å²) in [6.07, 6.45) is 2.51. The van der Waals surface area contributed by atoms with Crippen molar-refractivity contribution >= 4 is 0 Å². The molecule has 1 fully saturated rings. The van der Waals surface area contributed by atoms with Gasteiger partial charge in [-0.05, 0) is 49.4 Å². The molecule has 14 heavy (non-hydrogen) atoms. The summed E-state index contributed by atoms with van der Waals surface area (Å²) in [6, 6.07) is 9.15. The molecule has 0 radical (unpaired) electrons. The molecular formula is C13H19N. The summed E-state index contributed by atoms with van der Waals surface area (Å²) in [7, 11) is 2.04. The van der Waals surface area contributed by atoms with E-state index >= 15 is 0 Å². The van der Waals surface area contributed by atoms with Gasteiger partial charge in [-0.1, -0.05) is 31.2 Å². The SMILES string of the molecule is CCc1ccc(C2CC2CNC)cc1. The average molecular weight is 189 g/mol. The predicted octanol–water partition coefficient (Wildman–Crippen LogP) is 2.57. The first kappa shape index (κ1) is 9.72. The number of rotatable bonds is 4. The zero-order valence-corrected chi connectivity index (χ0v) is 9.09. The molecule has 1 aliphatic rings. The van der Waals surface area contributed by atoms with Crippen LogP contribution in [0.25, 0.3) is 0 Å². The van der Waals surface area contributed by atoms with Crippen LogP contribution in [0, 0.1) is 5.92 Å². The van der Waals surface area contributed by atoms with Crippen LogP contribution in [-0.2, 0) is 6.42 Å². The molecule has 0 spiro atoms. The van der Waals surface area contributed by atoms with Crippen LogP contribution in [0.1, 0.15) is 30.4 Å². The molecule has 1 saturated carbocycles. The van der Waals surface area contributed by atoms with Gasteiger partial charge in [0.1, 0.15) is 0 Å². The van der Waals surface area contributed by atoms with Crippen LogP contribution in [0.15, 0.2) is 24.3 Å². The summed E-state index contributed by atoms with van der Waals surface area (Å²) >= 11 is 0. The van der Waals surface area contributed by atoms with Crippen molar-refractivity contribution in [1.82, 2.24) is 5.32 Å². The fraction of sp³-hybridized carbons (Fsp3) is 0.538. The molecule has 1 aromatic rings. The maximum atomic E-state index is 3.25. The van der Waals surface area contributed by atoms with Crippen molar-refractivity contribution in [2.24, 2.45) is 5.92 Å². The third-order valence-corrected chi connectivity index (χ3v) is 3.21. The standard InChI is InChI=1S/C13H19N/c1-3-10-4-6-11(7-5-10)13-8-12(13)9-14-2/h4-7,12-14H,3,8-9H2,1-2H3. The molecule has 0 aromatic heterocycles. The smallest absolute Gasteiger partial charge is 0.00175 e. The fourth-order valence-corrected chi connectivity index (χ4v) is 2.14. The Hall–Kier alpha value is -0.820. The van der Waals surface area contributed by atoms with Gasteiger partial charge in [-0.3, -0.25) is 0 Å². The van der Waals surface area contributed by atoms with E-state index in [2.05, 4.69) is 36.5 Å². The Kier molecular flexibility index (Phi) is 2.87. The molecule has 2 atom stereocenters. The Balaban J connectivity index is 1.98. The number of benzene rings is 1. The summed E-state index contributed by atoms with van der Waals surface area (Å²) in [4.78, 5) is 0. The molecular weight excluding hydrogens is 170 g/mol. The van der Waals surface area contributed by atoms with E-state index in [0.717, 1.165) is 18.3 Å². The van der Waals surface area contributed by atoms with Crippen molar-refractivity contribution in [1.29, 1.82) is 0 Å². The molecule has 0 saturated heterocycles. The van der Waals surface area contributed by atoms with E-state index in [1.165, 1.54) is 24.1 Å². The van der Waals surface area contributed by atoms with Gasteiger partial charge in [0.2, 0.25) is 0 Å². The third kappa shape index (κ3) is 1.98. The first-order chi connectivity index (χ1) is 6.85. The molecule has 1 nitrogen and oxygen atoms in total. The molecule has 2 rings (SSSR count). The van der Waals surface area contributed by atoms with Crippen LogP contribution >= 0.6 is 0 Å². The van der Waals surface area contributed by atoms with Gasteiger partial charge in [-0.2, -0.15) is 0 Å². The van der Waals surface area contributed by atoms with Crippen molar-refractivity contribution < 1.29 is 0 Å². The Morgan fingerprint density at radius 1 is 1.29 bits per heavy atom. The second-order valence-corrected chi connectivity index (χ2v) is 4.26. The molecule has 1 aliphatic carbocycles. The monoisotopic (exact) mass is 189 g/mol. The molecule has 2 unspecified atom stereocenters. The van der Waals surface area contributed by atoms with E-state index in [-0.39, 0.29) is 0 Å². The van der Waals surface area contributed by atoms with Gasteiger partial charge in [0.15, 0.2) is 0 Å². The summed E-state index contributed by atoms with van der Waals surface area (Å²) in [6.45, 7) is 3.37. The van der Waals surface area contributed by atoms with Crippen LogP contribution in [0.3, 0.4) is 0 Å². The van der Waals surface area contributed by atoms with Gasteiger partial charge in [-0.25, -0.2) is 0 Å². The number of nitrogens with one attached hydrogen (secondary N) is 1. The Morgan fingerprint density at radius 2 is 2.00 bits per heavy atom. The fourth-order valence-electron chi connectivity index (χ4n) is 2.14. The normalized spacial score (nSPS) is 25.0. The van der Waals surface area contributed by atoms with Crippen molar-refractivity contribution in [3.8, 4) is 0 Å². The minimum atomic E-state index is 0.827. The van der Waals surface area contributed by atoms with Gasteiger partial charge in [0.25, 0.3) is 0 Å². The molecule has 0 amide bonds. The summed E-state index contributed by atoms with van der Waals surface area (Å²) in [5.41, 5.74) is 2.97. The second kappa shape index (κ2) is 4.14. The highest BCUT2D eigenvalue weighted by Gasteiger charge is 2.37. The predicted molar refractivity (Wildman–Crippen MR) is 60.6 cm³/mol. The number of hydrogen-bond acceptors (Lipinski definition) is 1. The van der Waals surface area contributed by atoms with Gasteiger partial charge >= 0.3 is 0 Å². The van der Waals surface area contributed by atoms with Gasteiger partial charge in [0, 0.05) is 0 Å². The first-order valence-electron chi connectivity index (χ1n) is 5.58. The van der Waals surface area contributed by atoms with Crippen LogP contribution < -0.4 is 5.32 Å². The average Bonchev–Trinajstić information content (AvgIpc) is 2.98. The van der Waals surface area contributed by atoms with Crippen molar-refractivity contribution in [2.45, 2.75) is 25.7 Å². The largest absolute Gasteiger partial charge is 0.319 e. The maximum Gasteiger partial charge on any atom is -0.00175 e. The highest BCUT2D eigenvalue weighted by Crippen LogP contribution is 2.46. The third-order valence-electron chi connectivity index (χ3n) is 3.21. The molecule has 76 valence electrons.